The van der Waals surface area contributed by atoms with Gasteiger partial charge in [0, 0.05) is 80.6 Å². The van der Waals surface area contributed by atoms with Crippen molar-refractivity contribution in [1.29, 1.82) is 0 Å². The molecule has 0 amide bonds. The normalized spacial score (nSPS) is 14.0. The van der Waals surface area contributed by atoms with Crippen LogP contribution in [0.25, 0.3) is 138 Å². The zero-order valence-electron chi connectivity index (χ0n) is 80.4. The number of para-hydroxylation sites is 2. The first-order chi connectivity index (χ1) is 67.9. The molecule has 4 nitrogen and oxygen atoms in total. The van der Waals surface area contributed by atoms with Crippen molar-refractivity contribution in [3.8, 4) is 94.7 Å². The fourth-order valence-corrected chi connectivity index (χ4v) is 26.0. The van der Waals surface area contributed by atoms with Crippen LogP contribution in [-0.2, 0) is 52.9 Å². The molecule has 4 heterocycles. The summed E-state index contributed by atoms with van der Waals surface area (Å²) in [4.78, 5) is 5.65. The highest BCUT2D eigenvalue weighted by Gasteiger charge is 2.55. The summed E-state index contributed by atoms with van der Waals surface area (Å²) in [6.07, 6.45) is 2.31. The Morgan fingerprint density at radius 2 is 0.561 bits per heavy atom. The second-order valence-electron chi connectivity index (χ2n) is 43.0. The first-order valence-electron chi connectivity index (χ1n) is 50.1. The molecular weight excluding hydrogens is 1680 g/mol. The molecule has 6 aliphatic rings. The number of fused-ring (bicyclic) bond motifs is 30. The maximum atomic E-state index is 2.83. The van der Waals surface area contributed by atoms with Crippen molar-refractivity contribution in [2.24, 2.45) is 0 Å². The quantitative estimate of drug-likeness (QED) is 0.101. The Labute approximate surface area is 816 Å². The van der Waals surface area contributed by atoms with Crippen molar-refractivity contribution >= 4 is 89.5 Å². The Kier molecular flexibility index (Phi) is 18.5. The van der Waals surface area contributed by atoms with Crippen molar-refractivity contribution in [1.82, 2.24) is 9.13 Å². The SMILES string of the molecule is CC(C)(C)c1cc(-c2ccccc2)c(CCN2c3cc(CCn4c5ccccc5c5cc6c(cc54)C4(c5ccccc5-c5ccccc54)c4ccccc4-6)ccc3B3c4ccc(-n5c6ccccc6c6cc7c(cc65)C5(c6ccccc6-c6ccccc65)c5ccccc5-7)cc4N(CCc4c(-c5ccccc5)cc(C(C)(C)C)cc4-c4ccccc4)c4cc(C(C)(C)C)cc2c43)c(-c2ccccc2)c1. The Hall–Kier alpha value is -15.6. The Morgan fingerprint density at radius 1 is 0.230 bits per heavy atom. The molecular formula is C134H107BN4. The lowest BCUT2D eigenvalue weighted by Crippen LogP contribution is -2.62. The van der Waals surface area contributed by atoms with Gasteiger partial charge in [0.15, 0.2) is 0 Å². The molecule has 0 N–H and O–H groups in total. The monoisotopic (exact) mass is 1780 g/mol. The van der Waals surface area contributed by atoms with Crippen molar-refractivity contribution in [2.45, 2.75) is 115 Å². The molecule has 19 aromatic carbocycles. The minimum Gasteiger partial charge on any atom is -0.342 e. The predicted octanol–water partition coefficient (Wildman–Crippen LogP) is 31.3. The molecule has 0 saturated heterocycles. The van der Waals surface area contributed by atoms with E-state index in [1.165, 1.54) is 250 Å². The van der Waals surface area contributed by atoms with Gasteiger partial charge in [-0.15, -0.1) is 0 Å². The van der Waals surface area contributed by atoms with Crippen molar-refractivity contribution in [2.75, 3.05) is 22.9 Å². The topological polar surface area (TPSA) is 16.3 Å². The van der Waals surface area contributed by atoms with Gasteiger partial charge in [0.05, 0.1) is 21.9 Å². The van der Waals surface area contributed by atoms with Crippen LogP contribution in [-0.4, -0.2) is 28.9 Å². The minimum atomic E-state index is -0.539. The molecule has 0 bridgehead atoms. The van der Waals surface area contributed by atoms with Gasteiger partial charge in [0.1, 0.15) is 0 Å². The first kappa shape index (κ1) is 82.9. The number of hydrogen-bond donors (Lipinski definition) is 0. The summed E-state index contributed by atoms with van der Waals surface area (Å²) in [6, 6.07) is 161. The Bertz CT molecular complexity index is 8490. The molecule has 21 aromatic rings. The molecule has 2 aliphatic heterocycles. The van der Waals surface area contributed by atoms with Gasteiger partial charge in [-0.1, -0.05) is 408 Å². The fraction of sp³-hybridized carbons (Fsp3) is 0.149. The summed E-state index contributed by atoms with van der Waals surface area (Å²) in [6.45, 7) is 23.6. The number of anilines is 4. The van der Waals surface area contributed by atoms with Gasteiger partial charge in [-0.2, -0.15) is 0 Å². The Balaban J connectivity index is 0.690. The van der Waals surface area contributed by atoms with Crippen molar-refractivity contribution < 1.29 is 0 Å². The lowest BCUT2D eigenvalue weighted by atomic mass is 9.33. The molecule has 0 unspecified atom stereocenters. The van der Waals surface area contributed by atoms with E-state index in [0.717, 1.165) is 31.5 Å². The second-order valence-corrected chi connectivity index (χ2v) is 43.0. The highest BCUT2D eigenvalue weighted by Crippen LogP contribution is 2.66. The van der Waals surface area contributed by atoms with Crippen LogP contribution in [0.2, 0.25) is 0 Å². The summed E-state index contributed by atoms with van der Waals surface area (Å²) in [5.41, 5.74) is 52.8. The maximum Gasteiger partial charge on any atom is 0.252 e. The van der Waals surface area contributed by atoms with Crippen LogP contribution in [0.1, 0.15) is 140 Å². The number of benzene rings is 19. The van der Waals surface area contributed by atoms with E-state index in [0.29, 0.717) is 13.1 Å². The van der Waals surface area contributed by atoms with Crippen LogP contribution in [0, 0.1) is 0 Å². The van der Waals surface area contributed by atoms with Gasteiger partial charge >= 0.3 is 0 Å². The standard InChI is InChI=1S/C134H107BN4/c1-130(2,3)89-73-103(85-38-14-10-15-39-85)93(104(74-89)86-40-16-11-17-41-86)67-70-137-125-72-84(66-69-136-121-60-36-28-52-101(121)109-80-107-99-50-26-34-58-115(99)133(117(107)82-123(109)136)111-54-30-22-46-95(111)96-47-23-31-55-112(96)133)62-64-119(125)135-120-65-63-92(139-122-61-37-29-53-102(122)110-81-108-100-51-27-35-59-116(100)134(118(108)83-124(110)139)113-56-32-24-48-97(113)98-49-25-33-57-114(98)134)79-126(120)138(128-78-91(132(7,8)9)77-127(137)129(128)135)71-68-94-105(87-42-18-12-19-43-87)75-90(131(4,5)6)76-106(94)88-44-20-13-21-45-88/h10-65,72-83H,66-71H2,1-9H3. The van der Waals surface area contributed by atoms with E-state index in [4.69, 9.17) is 0 Å². The van der Waals surface area contributed by atoms with Crippen LogP contribution in [0.3, 0.4) is 0 Å². The lowest BCUT2D eigenvalue weighted by Gasteiger charge is -2.45. The number of rotatable bonds is 14. The van der Waals surface area contributed by atoms with Gasteiger partial charge in [-0.25, -0.2) is 0 Å². The Morgan fingerprint density at radius 3 is 0.971 bits per heavy atom. The van der Waals surface area contributed by atoms with E-state index in [-0.39, 0.29) is 23.0 Å². The van der Waals surface area contributed by atoms with Gasteiger partial charge in [0.25, 0.3) is 6.71 Å². The van der Waals surface area contributed by atoms with Gasteiger partial charge in [0.2, 0.25) is 0 Å². The molecule has 666 valence electrons. The average molecular weight is 1780 g/mol. The molecule has 2 aromatic heterocycles. The molecule has 139 heavy (non-hydrogen) atoms. The third-order valence-corrected chi connectivity index (χ3v) is 32.5. The van der Waals surface area contributed by atoms with Crippen LogP contribution in [0.4, 0.5) is 22.7 Å². The van der Waals surface area contributed by atoms with Crippen LogP contribution < -0.4 is 26.2 Å². The lowest BCUT2D eigenvalue weighted by molar-refractivity contribution is 0.589. The van der Waals surface area contributed by atoms with Crippen molar-refractivity contribution in [3.05, 3.63) is 490 Å². The highest BCUT2D eigenvalue weighted by atomic mass is 15.2. The van der Waals surface area contributed by atoms with E-state index in [2.05, 4.69) is 494 Å². The van der Waals surface area contributed by atoms with E-state index >= 15 is 0 Å². The summed E-state index contributed by atoms with van der Waals surface area (Å²) < 4.78 is 5.33. The highest BCUT2D eigenvalue weighted by molar-refractivity contribution is 7.00. The zero-order chi connectivity index (χ0) is 93.3. The van der Waals surface area contributed by atoms with Gasteiger partial charge in [-0.05, 0) is 286 Å². The predicted molar refractivity (Wildman–Crippen MR) is 586 cm³/mol. The second kappa shape index (κ2) is 31.0. The molecule has 0 atom stereocenters. The van der Waals surface area contributed by atoms with E-state index < -0.39 is 10.8 Å². The third-order valence-electron chi connectivity index (χ3n) is 32.5. The molecule has 2 spiro atoms. The smallest absolute Gasteiger partial charge is 0.252 e. The fourth-order valence-electron chi connectivity index (χ4n) is 26.0. The number of nitrogens with zero attached hydrogens (tertiary/aromatic N) is 4. The van der Waals surface area contributed by atoms with Crippen LogP contribution >= 0.6 is 0 Å². The first-order valence-corrected chi connectivity index (χ1v) is 50.1. The molecule has 0 fully saturated rings. The summed E-state index contributed by atoms with van der Waals surface area (Å²) in [5, 5.41) is 5.06. The summed E-state index contributed by atoms with van der Waals surface area (Å²) >= 11 is 0. The van der Waals surface area contributed by atoms with Crippen LogP contribution in [0.5, 0.6) is 0 Å². The summed E-state index contributed by atoms with van der Waals surface area (Å²) in [7, 11) is 0. The largest absolute Gasteiger partial charge is 0.342 e. The van der Waals surface area contributed by atoms with E-state index in [1.807, 2.05) is 0 Å². The average Bonchev–Trinajstić information content (AvgIpc) is 1.51. The molecule has 4 aliphatic carbocycles. The number of hydrogen-bond acceptors (Lipinski definition) is 2. The molecule has 0 saturated carbocycles. The number of aryl methyl sites for hydroxylation is 2. The summed E-state index contributed by atoms with van der Waals surface area (Å²) in [5.74, 6) is 0. The third kappa shape index (κ3) is 12.3. The number of aromatic nitrogens is 2. The van der Waals surface area contributed by atoms with Crippen molar-refractivity contribution in [3.63, 3.8) is 0 Å². The van der Waals surface area contributed by atoms with Crippen LogP contribution in [0.15, 0.2) is 413 Å². The van der Waals surface area contributed by atoms with Gasteiger partial charge in [-0.3, -0.25) is 0 Å². The van der Waals surface area contributed by atoms with Gasteiger partial charge < -0.3 is 18.9 Å². The van der Waals surface area contributed by atoms with E-state index in [1.54, 1.807) is 0 Å². The molecule has 0 radical (unpaired) electrons. The maximum absolute atomic E-state index is 2.83. The van der Waals surface area contributed by atoms with E-state index in [9.17, 15) is 0 Å². The minimum absolute atomic E-state index is 0.127. The zero-order valence-corrected chi connectivity index (χ0v) is 80.4. The molecule has 5 heteroatoms. The molecule has 27 rings (SSSR count).